The molecule has 6 heteroatoms. The Balaban J connectivity index is 1.83. The van der Waals surface area contributed by atoms with E-state index in [1.165, 1.54) is 24.2 Å². The normalized spacial score (nSPS) is 15.0. The lowest BCUT2D eigenvalue weighted by molar-refractivity contribution is 0.600. The second kappa shape index (κ2) is 5.33. The van der Waals surface area contributed by atoms with Gasteiger partial charge in [-0.2, -0.15) is 5.10 Å². The van der Waals surface area contributed by atoms with Gasteiger partial charge >= 0.3 is 0 Å². The maximum atomic E-state index is 4.46. The van der Waals surface area contributed by atoms with Gasteiger partial charge in [-0.15, -0.1) is 0 Å². The highest BCUT2D eigenvalue weighted by Gasteiger charge is 2.21. The van der Waals surface area contributed by atoms with Crippen molar-refractivity contribution in [3.63, 3.8) is 0 Å². The first-order chi connectivity index (χ1) is 9.56. The molecule has 0 aromatic carbocycles. The predicted octanol–water partition coefficient (Wildman–Crippen LogP) is 2.30. The van der Waals surface area contributed by atoms with Gasteiger partial charge in [0.05, 0.1) is 28.1 Å². The summed E-state index contributed by atoms with van der Waals surface area (Å²) in [6.07, 6.45) is 4.58. The molecular weight excluding hydrogens is 318 g/mol. The zero-order chi connectivity index (χ0) is 14.3. The van der Waals surface area contributed by atoms with Crippen molar-refractivity contribution in [1.82, 2.24) is 24.6 Å². The first kappa shape index (κ1) is 13.8. The Hall–Kier alpha value is -1.14. The van der Waals surface area contributed by atoms with Crippen LogP contribution in [0.4, 0.5) is 0 Å². The summed E-state index contributed by atoms with van der Waals surface area (Å²) in [6, 6.07) is 0.712. The summed E-state index contributed by atoms with van der Waals surface area (Å²) in [5.74, 6) is 1.04. The van der Waals surface area contributed by atoms with Gasteiger partial charge in [0.1, 0.15) is 5.82 Å². The minimum Gasteiger partial charge on any atom is -0.325 e. The molecule has 2 aromatic heterocycles. The highest BCUT2D eigenvalue weighted by molar-refractivity contribution is 9.10. The van der Waals surface area contributed by atoms with E-state index >= 15 is 0 Å². The molecule has 0 unspecified atom stereocenters. The molecular formula is C14H20BrN5. The van der Waals surface area contributed by atoms with E-state index in [2.05, 4.69) is 42.8 Å². The van der Waals surface area contributed by atoms with Crippen molar-refractivity contribution < 1.29 is 0 Å². The van der Waals surface area contributed by atoms with Crippen LogP contribution in [0.3, 0.4) is 0 Å². The first-order valence-corrected chi connectivity index (χ1v) is 7.78. The van der Waals surface area contributed by atoms with Crippen LogP contribution in [0.15, 0.2) is 10.7 Å². The van der Waals surface area contributed by atoms with E-state index in [0.717, 1.165) is 29.1 Å². The molecule has 0 radical (unpaired) electrons. The predicted molar refractivity (Wildman–Crippen MR) is 81.6 cm³/mol. The third-order valence-corrected chi connectivity index (χ3v) is 4.89. The number of nitrogens with one attached hydrogen (secondary N) is 1. The SMILES string of the molecule is Cc1nn(C)c(Cn2c(CNC3CC3)cnc2C)c1Br. The van der Waals surface area contributed by atoms with Crippen LogP contribution < -0.4 is 5.32 Å². The summed E-state index contributed by atoms with van der Waals surface area (Å²) >= 11 is 3.64. The lowest BCUT2D eigenvalue weighted by Gasteiger charge is -2.11. The topological polar surface area (TPSA) is 47.7 Å². The monoisotopic (exact) mass is 337 g/mol. The van der Waals surface area contributed by atoms with Crippen LogP contribution in [-0.4, -0.2) is 25.4 Å². The standard InChI is InChI=1S/C14H20BrN5/c1-9-14(15)13(19(3)18-9)8-20-10(2)16-6-12(20)7-17-11-4-5-11/h6,11,17H,4-5,7-8H2,1-3H3. The average Bonchev–Trinajstić information content (AvgIpc) is 3.13. The van der Waals surface area contributed by atoms with Crippen molar-refractivity contribution in [1.29, 1.82) is 0 Å². The van der Waals surface area contributed by atoms with Gasteiger partial charge in [0.15, 0.2) is 0 Å². The van der Waals surface area contributed by atoms with Crippen LogP contribution in [-0.2, 0) is 20.1 Å². The van der Waals surface area contributed by atoms with Crippen molar-refractivity contribution in [2.45, 2.75) is 45.8 Å². The Morgan fingerprint density at radius 3 is 2.75 bits per heavy atom. The molecule has 1 aliphatic rings. The largest absolute Gasteiger partial charge is 0.325 e. The molecule has 0 saturated heterocycles. The van der Waals surface area contributed by atoms with Crippen molar-refractivity contribution in [2.24, 2.45) is 7.05 Å². The molecule has 2 aromatic rings. The van der Waals surface area contributed by atoms with Gasteiger partial charge in [-0.3, -0.25) is 4.68 Å². The van der Waals surface area contributed by atoms with Crippen LogP contribution in [0.25, 0.3) is 0 Å². The molecule has 1 saturated carbocycles. The number of imidazole rings is 1. The van der Waals surface area contributed by atoms with Crippen LogP contribution >= 0.6 is 15.9 Å². The Morgan fingerprint density at radius 2 is 2.15 bits per heavy atom. The molecule has 108 valence electrons. The second-order valence-corrected chi connectivity index (χ2v) is 6.30. The summed E-state index contributed by atoms with van der Waals surface area (Å²) in [6.45, 7) is 5.76. The van der Waals surface area contributed by atoms with Gasteiger partial charge in [0, 0.05) is 25.8 Å². The molecule has 0 aliphatic heterocycles. The Kier molecular flexibility index (Phi) is 3.69. The molecule has 0 amide bonds. The number of nitrogens with zero attached hydrogens (tertiary/aromatic N) is 4. The van der Waals surface area contributed by atoms with E-state index in [-0.39, 0.29) is 0 Å². The zero-order valence-electron chi connectivity index (χ0n) is 12.1. The fourth-order valence-electron chi connectivity index (χ4n) is 2.41. The Bertz CT molecular complexity index is 624. The lowest BCUT2D eigenvalue weighted by Crippen LogP contribution is -2.19. The van der Waals surface area contributed by atoms with E-state index < -0.39 is 0 Å². The van der Waals surface area contributed by atoms with E-state index in [1.54, 1.807) is 0 Å². The quantitative estimate of drug-likeness (QED) is 0.910. The third kappa shape index (κ3) is 2.67. The molecule has 1 N–H and O–H groups in total. The second-order valence-electron chi connectivity index (χ2n) is 5.51. The number of rotatable bonds is 5. The summed E-state index contributed by atoms with van der Waals surface area (Å²) in [4.78, 5) is 4.46. The zero-order valence-corrected chi connectivity index (χ0v) is 13.7. The van der Waals surface area contributed by atoms with Gasteiger partial charge < -0.3 is 9.88 Å². The molecule has 0 spiro atoms. The fourth-order valence-corrected chi connectivity index (χ4v) is 2.87. The Labute approximate surface area is 127 Å². The smallest absolute Gasteiger partial charge is 0.106 e. The summed E-state index contributed by atoms with van der Waals surface area (Å²) < 4.78 is 5.29. The van der Waals surface area contributed by atoms with Crippen LogP contribution in [0.5, 0.6) is 0 Å². The van der Waals surface area contributed by atoms with Crippen molar-refractivity contribution in [3.8, 4) is 0 Å². The number of aromatic nitrogens is 4. The van der Waals surface area contributed by atoms with E-state index in [9.17, 15) is 0 Å². The van der Waals surface area contributed by atoms with Gasteiger partial charge in [0.2, 0.25) is 0 Å². The molecule has 5 nitrogen and oxygen atoms in total. The van der Waals surface area contributed by atoms with Gasteiger partial charge in [-0.25, -0.2) is 4.98 Å². The van der Waals surface area contributed by atoms with E-state index in [0.29, 0.717) is 6.04 Å². The van der Waals surface area contributed by atoms with Crippen molar-refractivity contribution in [3.05, 3.63) is 33.6 Å². The molecule has 2 heterocycles. The van der Waals surface area contributed by atoms with Crippen molar-refractivity contribution in [2.75, 3.05) is 0 Å². The van der Waals surface area contributed by atoms with Gasteiger partial charge in [0.25, 0.3) is 0 Å². The molecule has 1 aliphatic carbocycles. The van der Waals surface area contributed by atoms with Crippen LogP contribution in [0, 0.1) is 13.8 Å². The summed E-state index contributed by atoms with van der Waals surface area (Å²) in [7, 11) is 1.99. The fraction of sp³-hybridized carbons (Fsp3) is 0.571. The minimum atomic E-state index is 0.712. The third-order valence-electron chi connectivity index (χ3n) is 3.86. The highest BCUT2D eigenvalue weighted by atomic mass is 79.9. The molecule has 0 atom stereocenters. The Morgan fingerprint density at radius 1 is 1.40 bits per heavy atom. The minimum absolute atomic E-state index is 0.712. The lowest BCUT2D eigenvalue weighted by atomic mass is 10.3. The maximum absolute atomic E-state index is 4.46. The van der Waals surface area contributed by atoms with E-state index in [4.69, 9.17) is 0 Å². The first-order valence-electron chi connectivity index (χ1n) is 6.98. The molecule has 1 fully saturated rings. The van der Waals surface area contributed by atoms with Gasteiger partial charge in [-0.05, 0) is 42.6 Å². The highest BCUT2D eigenvalue weighted by Crippen LogP contribution is 2.23. The number of hydrogen-bond donors (Lipinski definition) is 1. The van der Waals surface area contributed by atoms with Crippen LogP contribution in [0.1, 0.15) is 35.7 Å². The number of hydrogen-bond acceptors (Lipinski definition) is 3. The van der Waals surface area contributed by atoms with Gasteiger partial charge in [-0.1, -0.05) is 0 Å². The number of aryl methyl sites for hydroxylation is 3. The van der Waals surface area contributed by atoms with E-state index in [1.807, 2.05) is 24.9 Å². The molecule has 20 heavy (non-hydrogen) atoms. The molecule has 0 bridgehead atoms. The average molecular weight is 338 g/mol. The summed E-state index contributed by atoms with van der Waals surface area (Å²) in [5.41, 5.74) is 3.44. The van der Waals surface area contributed by atoms with Crippen molar-refractivity contribution >= 4 is 15.9 Å². The van der Waals surface area contributed by atoms with Crippen LogP contribution in [0.2, 0.25) is 0 Å². The molecule has 3 rings (SSSR count). The summed E-state index contributed by atoms with van der Waals surface area (Å²) in [5, 5.41) is 8.01. The maximum Gasteiger partial charge on any atom is 0.106 e. The number of halogens is 1.